The molecule has 3 fully saturated rings. The second kappa shape index (κ2) is 11.9. The van der Waals surface area contributed by atoms with E-state index in [1.807, 2.05) is 13.8 Å². The molecule has 3 rings (SSSR count). The maximum absolute atomic E-state index is 14.1. The highest BCUT2D eigenvalue weighted by atomic mass is 16.6. The third-order valence-corrected chi connectivity index (χ3v) is 8.35. The van der Waals surface area contributed by atoms with Crippen LogP contribution in [0.15, 0.2) is 25.3 Å². The molecule has 3 aliphatic heterocycles. The topological polar surface area (TPSA) is 96.4 Å². The molecule has 0 saturated carbocycles. The van der Waals surface area contributed by atoms with Crippen LogP contribution in [0.2, 0.25) is 0 Å². The van der Waals surface area contributed by atoms with Crippen LogP contribution < -0.4 is 0 Å². The zero-order chi connectivity index (χ0) is 26.5. The van der Waals surface area contributed by atoms with Crippen LogP contribution in [0.25, 0.3) is 0 Å². The minimum Gasteiger partial charge on any atom is -0.465 e. The normalized spacial score (nSPS) is 32.4. The van der Waals surface area contributed by atoms with Crippen molar-refractivity contribution in [1.82, 2.24) is 9.80 Å². The monoisotopic (exact) mass is 504 g/mol. The van der Waals surface area contributed by atoms with Crippen molar-refractivity contribution in [2.24, 2.45) is 17.8 Å². The van der Waals surface area contributed by atoms with Gasteiger partial charge in [0.05, 0.1) is 18.1 Å². The summed E-state index contributed by atoms with van der Waals surface area (Å²) in [5, 5.41) is 9.51. The molecule has 3 aliphatic rings. The van der Waals surface area contributed by atoms with E-state index in [9.17, 15) is 19.5 Å². The summed E-state index contributed by atoms with van der Waals surface area (Å²) in [5.41, 5.74) is -1.98. The van der Waals surface area contributed by atoms with Crippen molar-refractivity contribution < 1.29 is 29.0 Å². The first-order chi connectivity index (χ1) is 17.2. The van der Waals surface area contributed by atoms with Crippen LogP contribution in [0.4, 0.5) is 0 Å². The summed E-state index contributed by atoms with van der Waals surface area (Å²) in [5.74, 6) is -2.45. The van der Waals surface area contributed by atoms with Gasteiger partial charge in [-0.3, -0.25) is 14.4 Å². The molecule has 36 heavy (non-hydrogen) atoms. The second-order valence-electron chi connectivity index (χ2n) is 10.7. The highest BCUT2D eigenvalue weighted by Crippen LogP contribution is 2.65. The van der Waals surface area contributed by atoms with E-state index in [2.05, 4.69) is 20.1 Å². The van der Waals surface area contributed by atoms with Crippen LogP contribution in [0.1, 0.15) is 65.7 Å². The molecular formula is C28H44N2O6. The third-order valence-electron chi connectivity index (χ3n) is 8.35. The maximum Gasteiger partial charge on any atom is 0.312 e. The van der Waals surface area contributed by atoms with E-state index in [0.29, 0.717) is 32.4 Å². The smallest absolute Gasteiger partial charge is 0.312 e. The number of amides is 2. The minimum absolute atomic E-state index is 0.0340. The van der Waals surface area contributed by atoms with Crippen molar-refractivity contribution >= 4 is 17.8 Å². The lowest BCUT2D eigenvalue weighted by atomic mass is 9.62. The molecule has 0 aromatic rings. The Labute approximate surface area is 215 Å². The van der Waals surface area contributed by atoms with Gasteiger partial charge in [-0.1, -0.05) is 38.8 Å². The minimum atomic E-state index is -1.09. The number of fused-ring (bicyclic) bond motifs is 1. The Morgan fingerprint density at radius 3 is 2.64 bits per heavy atom. The number of likely N-dealkylation sites (tertiary alicyclic amines) is 1. The highest BCUT2D eigenvalue weighted by Gasteiger charge is 2.80. The first-order valence-corrected chi connectivity index (χ1v) is 13.5. The fourth-order valence-corrected chi connectivity index (χ4v) is 6.52. The summed E-state index contributed by atoms with van der Waals surface area (Å²) in [7, 11) is 0. The van der Waals surface area contributed by atoms with E-state index >= 15 is 0 Å². The molecule has 3 unspecified atom stereocenters. The van der Waals surface area contributed by atoms with Crippen molar-refractivity contribution in [2.75, 3.05) is 32.8 Å². The van der Waals surface area contributed by atoms with Crippen LogP contribution in [0.3, 0.4) is 0 Å². The molecule has 2 bridgehead atoms. The van der Waals surface area contributed by atoms with Crippen LogP contribution in [0, 0.1) is 17.8 Å². The molecular weight excluding hydrogens is 460 g/mol. The Morgan fingerprint density at radius 2 is 2.00 bits per heavy atom. The molecule has 0 aliphatic carbocycles. The number of hydrogen-bond acceptors (Lipinski definition) is 6. The van der Waals surface area contributed by atoms with E-state index in [0.717, 1.165) is 25.7 Å². The van der Waals surface area contributed by atoms with E-state index in [1.165, 1.54) is 0 Å². The molecule has 8 nitrogen and oxygen atoms in total. The summed E-state index contributed by atoms with van der Waals surface area (Å²) in [6, 6.07) is -0.842. The molecule has 3 saturated heterocycles. The molecule has 0 radical (unpaired) electrons. The average molecular weight is 505 g/mol. The van der Waals surface area contributed by atoms with E-state index < -0.39 is 35.0 Å². The number of ether oxygens (including phenoxy) is 2. The second-order valence-corrected chi connectivity index (χ2v) is 10.7. The zero-order valence-electron chi connectivity index (χ0n) is 22.2. The van der Waals surface area contributed by atoms with Crippen molar-refractivity contribution in [3.05, 3.63) is 25.3 Å². The Morgan fingerprint density at radius 1 is 1.25 bits per heavy atom. The zero-order valence-corrected chi connectivity index (χ0v) is 22.2. The summed E-state index contributed by atoms with van der Waals surface area (Å²) >= 11 is 0. The lowest BCUT2D eigenvalue weighted by Crippen LogP contribution is -2.56. The number of hydrogen-bond donors (Lipinski definition) is 1. The standard InChI is InChI=1S/C28H44N2O6/c1-6-9-11-15-29(14-8-3)25(33)23-28-19-20(4)27(5,36-28)22(26(34)35-18-12-10-7-2)21(28)24(32)30(23)16-13-17-31/h7-8,20-23,31H,2-3,6,9-19H2,1,4-5H3/t20?,21-,22-,23?,27+,28?/m0/s1. The van der Waals surface area contributed by atoms with Crippen molar-refractivity contribution in [3.8, 4) is 0 Å². The molecule has 3 heterocycles. The molecule has 202 valence electrons. The van der Waals surface area contributed by atoms with Gasteiger partial charge in [-0.2, -0.15) is 0 Å². The fourth-order valence-electron chi connectivity index (χ4n) is 6.52. The van der Waals surface area contributed by atoms with Gasteiger partial charge in [0.25, 0.3) is 0 Å². The number of aliphatic hydroxyl groups is 1. The first-order valence-electron chi connectivity index (χ1n) is 13.5. The molecule has 1 N–H and O–H groups in total. The number of unbranched alkanes of at least 4 members (excludes halogenated alkanes) is 3. The van der Waals surface area contributed by atoms with Crippen LogP contribution in [-0.2, 0) is 23.9 Å². The van der Waals surface area contributed by atoms with Gasteiger partial charge in [-0.05, 0) is 44.9 Å². The van der Waals surface area contributed by atoms with E-state index in [4.69, 9.17) is 9.47 Å². The Balaban J connectivity index is 1.98. The first kappa shape index (κ1) is 28.4. The summed E-state index contributed by atoms with van der Waals surface area (Å²) < 4.78 is 12.3. The number of rotatable bonds is 15. The summed E-state index contributed by atoms with van der Waals surface area (Å²) in [6.45, 7) is 14.9. The maximum atomic E-state index is 14.1. The van der Waals surface area contributed by atoms with Gasteiger partial charge in [-0.25, -0.2) is 0 Å². The molecule has 1 spiro atoms. The van der Waals surface area contributed by atoms with Gasteiger partial charge < -0.3 is 24.4 Å². The third kappa shape index (κ3) is 4.86. The van der Waals surface area contributed by atoms with E-state index in [1.54, 1.807) is 22.0 Å². The Kier molecular flexibility index (Phi) is 9.39. The van der Waals surface area contributed by atoms with Crippen molar-refractivity contribution in [1.29, 1.82) is 0 Å². The number of nitrogens with zero attached hydrogens (tertiary/aromatic N) is 2. The largest absolute Gasteiger partial charge is 0.465 e. The SMILES string of the molecule is C=CCCCOC(=O)[C@@H]1[C@H]2C(=O)N(CCCO)C(C(=O)N(CC=C)CCCCC)C23CC(C)[C@@]1(C)O3. The van der Waals surface area contributed by atoms with Gasteiger partial charge in [0.15, 0.2) is 0 Å². The number of allylic oxidation sites excluding steroid dienone is 1. The predicted molar refractivity (Wildman–Crippen MR) is 137 cm³/mol. The molecule has 0 aromatic carbocycles. The van der Waals surface area contributed by atoms with Gasteiger partial charge in [0.1, 0.15) is 17.6 Å². The Bertz CT molecular complexity index is 846. The Hall–Kier alpha value is -2.19. The molecule has 8 heteroatoms. The van der Waals surface area contributed by atoms with Crippen LogP contribution in [0.5, 0.6) is 0 Å². The quantitative estimate of drug-likeness (QED) is 0.209. The van der Waals surface area contributed by atoms with Crippen molar-refractivity contribution in [2.45, 2.75) is 83.0 Å². The number of carbonyl (C=O) groups excluding carboxylic acids is 3. The molecule has 6 atom stereocenters. The fraction of sp³-hybridized carbons (Fsp3) is 0.750. The molecule has 0 aromatic heterocycles. The van der Waals surface area contributed by atoms with E-state index in [-0.39, 0.29) is 37.5 Å². The van der Waals surface area contributed by atoms with Gasteiger partial charge in [0.2, 0.25) is 11.8 Å². The van der Waals surface area contributed by atoms with Gasteiger partial charge in [0, 0.05) is 26.2 Å². The predicted octanol–water partition coefficient (Wildman–Crippen LogP) is 3.09. The lowest BCUT2D eigenvalue weighted by Gasteiger charge is -2.37. The van der Waals surface area contributed by atoms with Crippen LogP contribution >= 0.6 is 0 Å². The highest BCUT2D eigenvalue weighted by molar-refractivity contribution is 5.98. The summed E-state index contributed by atoms with van der Waals surface area (Å²) in [4.78, 5) is 44.8. The number of carbonyl (C=O) groups is 3. The van der Waals surface area contributed by atoms with Gasteiger partial charge >= 0.3 is 5.97 Å². The molecule has 2 amide bonds. The number of aliphatic hydroxyl groups excluding tert-OH is 1. The average Bonchev–Trinajstić information content (AvgIpc) is 3.36. The lowest BCUT2D eigenvalue weighted by molar-refractivity contribution is -0.162. The number of esters is 1. The van der Waals surface area contributed by atoms with Crippen LogP contribution in [-0.4, -0.2) is 82.8 Å². The summed E-state index contributed by atoms with van der Waals surface area (Å²) in [6.07, 6.45) is 8.63. The van der Waals surface area contributed by atoms with Gasteiger partial charge in [-0.15, -0.1) is 13.2 Å². The van der Waals surface area contributed by atoms with Crippen molar-refractivity contribution in [3.63, 3.8) is 0 Å².